The van der Waals surface area contributed by atoms with Crippen LogP contribution in [0, 0.1) is 33.8 Å². The quantitative estimate of drug-likeness (QED) is 0.195. The molecule has 2 aromatic carbocycles. The third kappa shape index (κ3) is 3.79. The van der Waals surface area contributed by atoms with Gasteiger partial charge in [-0.3, -0.25) is 19.7 Å². The Bertz CT molecular complexity index is 1210. The van der Waals surface area contributed by atoms with E-state index < -0.39 is 4.92 Å². The largest absolute Gasteiger partial charge is 0.488 e. The van der Waals surface area contributed by atoms with Crippen LogP contribution < -0.4 is 4.74 Å². The van der Waals surface area contributed by atoms with Crippen LogP contribution >= 0.6 is 23.2 Å². The number of hydrogen-bond donors (Lipinski definition) is 0. The molecule has 0 unspecified atom stereocenters. The monoisotopic (exact) mass is 485 g/mol. The van der Waals surface area contributed by atoms with Gasteiger partial charge in [0.15, 0.2) is 0 Å². The van der Waals surface area contributed by atoms with Crippen molar-refractivity contribution >= 4 is 46.9 Å². The highest BCUT2D eigenvalue weighted by atomic mass is 35.5. The summed E-state index contributed by atoms with van der Waals surface area (Å²) in [6, 6.07) is 9.00. The van der Waals surface area contributed by atoms with Crippen LogP contribution in [-0.2, 0) is 16.2 Å². The second-order valence-corrected chi connectivity index (χ2v) is 9.08. The maximum Gasteiger partial charge on any atom is 0.270 e. The van der Waals surface area contributed by atoms with Crippen molar-refractivity contribution in [2.45, 2.75) is 13.0 Å². The fourth-order valence-electron chi connectivity index (χ4n) is 4.80. The number of non-ortho nitro benzene ring substituents is 1. The normalized spacial score (nSPS) is 25.3. The number of ether oxygens (including phenoxy) is 1. The molecule has 0 spiro atoms. The first-order valence-corrected chi connectivity index (χ1v) is 11.0. The lowest BCUT2D eigenvalue weighted by molar-refractivity contribution is -0.384. The van der Waals surface area contributed by atoms with E-state index in [-0.39, 0.29) is 59.1 Å². The molecule has 5 rings (SSSR count). The summed E-state index contributed by atoms with van der Waals surface area (Å²) in [6.07, 6.45) is 6.07. The Morgan fingerprint density at radius 3 is 2.42 bits per heavy atom. The van der Waals surface area contributed by atoms with Crippen LogP contribution in [0.5, 0.6) is 5.75 Å². The van der Waals surface area contributed by atoms with Gasteiger partial charge in [-0.1, -0.05) is 41.4 Å². The molecule has 10 heteroatoms. The van der Waals surface area contributed by atoms with Crippen LogP contribution in [0.3, 0.4) is 0 Å². The number of halogens is 2. The highest BCUT2D eigenvalue weighted by Crippen LogP contribution is 2.52. The van der Waals surface area contributed by atoms with Crippen molar-refractivity contribution in [2.75, 3.05) is 0 Å². The molecular formula is C23H17Cl2N3O5. The topological polar surface area (TPSA) is 102 Å². The molecule has 0 aromatic heterocycles. The molecule has 1 aliphatic heterocycles. The Morgan fingerprint density at radius 1 is 1.09 bits per heavy atom. The molecule has 168 valence electrons. The van der Waals surface area contributed by atoms with Gasteiger partial charge in [0.1, 0.15) is 12.4 Å². The molecule has 8 nitrogen and oxygen atoms in total. The summed E-state index contributed by atoms with van der Waals surface area (Å²) in [5.41, 5.74) is 0.752. The van der Waals surface area contributed by atoms with Crippen molar-refractivity contribution in [2.24, 2.45) is 28.8 Å². The van der Waals surface area contributed by atoms with E-state index in [1.165, 1.54) is 24.4 Å². The van der Waals surface area contributed by atoms with E-state index in [1.54, 1.807) is 18.2 Å². The standard InChI is InChI=1S/C23H17Cl2N3O5/c24-16-4-3-14(18(25)9-16)11-33-19-6-5-17(28(31)32)8-15(19)10-26-27-22(29)20-12-1-2-13(7-12)21(20)23(27)30/h1-6,8-10,12-13,20-21H,7,11H2/t12-,13-,20-,21+/m0/s1. The van der Waals surface area contributed by atoms with Gasteiger partial charge in [0.25, 0.3) is 17.5 Å². The van der Waals surface area contributed by atoms with Crippen molar-refractivity contribution in [3.63, 3.8) is 0 Å². The molecule has 4 atom stereocenters. The fourth-order valence-corrected chi connectivity index (χ4v) is 5.26. The summed E-state index contributed by atoms with van der Waals surface area (Å²) >= 11 is 12.1. The summed E-state index contributed by atoms with van der Waals surface area (Å²) in [5, 5.41) is 17.2. The van der Waals surface area contributed by atoms with Crippen LogP contribution in [0.1, 0.15) is 17.5 Å². The van der Waals surface area contributed by atoms with E-state index in [1.807, 2.05) is 12.2 Å². The van der Waals surface area contributed by atoms with Gasteiger partial charge in [-0.25, -0.2) is 0 Å². The second kappa shape index (κ2) is 8.28. The zero-order chi connectivity index (χ0) is 23.3. The summed E-state index contributed by atoms with van der Waals surface area (Å²) < 4.78 is 5.83. The minimum absolute atomic E-state index is 0.0671. The van der Waals surface area contributed by atoms with Crippen molar-refractivity contribution in [1.29, 1.82) is 0 Å². The minimum Gasteiger partial charge on any atom is -0.488 e. The number of benzene rings is 2. The molecule has 2 bridgehead atoms. The first-order valence-electron chi connectivity index (χ1n) is 10.3. The highest BCUT2D eigenvalue weighted by molar-refractivity contribution is 6.35. The molecule has 2 amide bonds. The Balaban J connectivity index is 1.40. The van der Waals surface area contributed by atoms with E-state index >= 15 is 0 Å². The predicted molar refractivity (Wildman–Crippen MR) is 121 cm³/mol. The molecular weight excluding hydrogens is 469 g/mol. The second-order valence-electron chi connectivity index (χ2n) is 8.24. The molecule has 0 N–H and O–H groups in total. The fraction of sp³-hybridized carbons (Fsp3) is 0.261. The first kappa shape index (κ1) is 21.6. The van der Waals surface area contributed by atoms with Crippen LogP contribution in [0.25, 0.3) is 0 Å². The van der Waals surface area contributed by atoms with Crippen LogP contribution in [0.2, 0.25) is 10.0 Å². The van der Waals surface area contributed by atoms with Crippen LogP contribution in [0.4, 0.5) is 5.69 Å². The Hall–Kier alpha value is -3.23. The number of amides is 2. The number of hydrazone groups is 1. The van der Waals surface area contributed by atoms with Gasteiger partial charge in [-0.2, -0.15) is 10.1 Å². The maximum atomic E-state index is 12.8. The van der Waals surface area contributed by atoms with Gasteiger partial charge in [-0.15, -0.1) is 0 Å². The maximum absolute atomic E-state index is 12.8. The number of nitro benzene ring substituents is 1. The molecule has 33 heavy (non-hydrogen) atoms. The Kier molecular flexibility index (Phi) is 5.42. The van der Waals surface area contributed by atoms with Crippen LogP contribution in [0.15, 0.2) is 53.7 Å². The first-order chi connectivity index (χ1) is 15.8. The van der Waals surface area contributed by atoms with Gasteiger partial charge in [-0.05, 0) is 36.5 Å². The zero-order valence-corrected chi connectivity index (χ0v) is 18.6. The number of nitro groups is 1. The summed E-state index contributed by atoms with van der Waals surface area (Å²) in [7, 11) is 0. The average Bonchev–Trinajstić information content (AvgIpc) is 3.46. The molecule has 3 aliphatic rings. The van der Waals surface area contributed by atoms with Crippen LogP contribution in [-0.4, -0.2) is 28.0 Å². The molecule has 1 heterocycles. The average molecular weight is 486 g/mol. The van der Waals surface area contributed by atoms with E-state index in [0.717, 1.165) is 11.4 Å². The molecule has 2 aromatic rings. The van der Waals surface area contributed by atoms with E-state index in [2.05, 4.69) is 5.10 Å². The van der Waals surface area contributed by atoms with E-state index in [9.17, 15) is 19.7 Å². The third-order valence-corrected chi connectivity index (χ3v) is 6.95. The lowest BCUT2D eigenvalue weighted by Crippen LogP contribution is -2.28. The smallest absolute Gasteiger partial charge is 0.270 e. The van der Waals surface area contributed by atoms with Crippen molar-refractivity contribution < 1.29 is 19.2 Å². The molecule has 1 saturated carbocycles. The van der Waals surface area contributed by atoms with Crippen molar-refractivity contribution in [3.05, 3.63) is 79.8 Å². The Morgan fingerprint density at radius 2 is 1.79 bits per heavy atom. The summed E-state index contributed by atoms with van der Waals surface area (Å²) in [6.45, 7) is 0.0788. The molecule has 2 fully saturated rings. The summed E-state index contributed by atoms with van der Waals surface area (Å²) in [5.74, 6) is -1.00. The van der Waals surface area contributed by atoms with Crippen molar-refractivity contribution in [1.82, 2.24) is 5.01 Å². The number of allylic oxidation sites excluding steroid dienone is 2. The predicted octanol–water partition coefficient (Wildman–Crippen LogP) is 4.62. The van der Waals surface area contributed by atoms with Gasteiger partial charge >= 0.3 is 0 Å². The third-order valence-electron chi connectivity index (χ3n) is 6.36. The lowest BCUT2D eigenvalue weighted by atomic mass is 9.85. The van der Waals surface area contributed by atoms with Gasteiger partial charge in [0.2, 0.25) is 0 Å². The van der Waals surface area contributed by atoms with Crippen molar-refractivity contribution in [3.8, 4) is 5.75 Å². The SMILES string of the molecule is O=C1[C@@H]2[C@H](C(=O)N1N=Cc1cc([N+](=O)[O-])ccc1OCc1ccc(Cl)cc1Cl)[C@H]1C=C[C@H]2C1. The molecule has 2 aliphatic carbocycles. The molecule has 1 saturated heterocycles. The zero-order valence-electron chi connectivity index (χ0n) is 17.1. The number of carbonyl (C=O) groups is 2. The lowest BCUT2D eigenvalue weighted by Gasteiger charge is -2.13. The number of hydrogen-bond acceptors (Lipinski definition) is 6. The van der Waals surface area contributed by atoms with E-state index in [4.69, 9.17) is 27.9 Å². The number of imide groups is 1. The number of carbonyl (C=O) groups excluding carboxylic acids is 2. The number of nitrogens with zero attached hydrogens (tertiary/aromatic N) is 3. The Labute approximate surface area is 198 Å². The highest BCUT2D eigenvalue weighted by Gasteiger charge is 2.59. The summed E-state index contributed by atoms with van der Waals surface area (Å²) in [4.78, 5) is 36.4. The minimum atomic E-state index is -0.545. The van der Waals surface area contributed by atoms with Gasteiger partial charge < -0.3 is 4.74 Å². The van der Waals surface area contributed by atoms with Gasteiger partial charge in [0, 0.05) is 33.3 Å². The van der Waals surface area contributed by atoms with E-state index in [0.29, 0.717) is 15.6 Å². The molecule has 0 radical (unpaired) electrons. The number of fused-ring (bicyclic) bond motifs is 5. The van der Waals surface area contributed by atoms with Gasteiger partial charge in [0.05, 0.1) is 23.0 Å². The number of rotatable bonds is 6.